The number of nitrogens with one attached hydrogen (secondary N) is 1. The van der Waals surface area contributed by atoms with E-state index in [-0.39, 0.29) is 5.56 Å². The molecule has 0 bridgehead atoms. The minimum absolute atomic E-state index is 0.238. The number of carboxylic acid groups (broad SMARTS) is 1. The Balaban J connectivity index is 0.000000235. The smallest absolute Gasteiger partial charge is 0.337 e. The zero-order chi connectivity index (χ0) is 25.9. The number of anilines is 3. The van der Waals surface area contributed by atoms with Crippen LogP contribution >= 0.6 is 0 Å². The lowest BCUT2D eigenvalue weighted by Crippen LogP contribution is -2.11. The number of carboxylic acids is 1. The monoisotopic (exact) mass is 489 g/mol. The maximum Gasteiger partial charge on any atom is 0.337 e. The van der Waals surface area contributed by atoms with Crippen molar-refractivity contribution in [2.75, 3.05) is 30.9 Å². The highest BCUT2D eigenvalue weighted by atomic mass is 16.5. The van der Waals surface area contributed by atoms with Gasteiger partial charge in [0.2, 0.25) is 0 Å². The molecule has 1 heterocycles. The van der Waals surface area contributed by atoms with Gasteiger partial charge in [-0.15, -0.1) is 0 Å². The summed E-state index contributed by atoms with van der Waals surface area (Å²) in [6, 6.07) is 16.9. The van der Waals surface area contributed by atoms with Crippen LogP contribution in [0.15, 0.2) is 60.9 Å². The van der Waals surface area contributed by atoms with Gasteiger partial charge >= 0.3 is 5.97 Å². The highest BCUT2D eigenvalue weighted by molar-refractivity contribution is 5.93. The number of pyridine rings is 1. The number of aromatic nitrogens is 1. The molecule has 6 nitrogen and oxygen atoms in total. The van der Waals surface area contributed by atoms with Crippen molar-refractivity contribution in [3.05, 3.63) is 77.6 Å². The molecule has 0 radical (unpaired) electrons. The van der Waals surface area contributed by atoms with Crippen LogP contribution < -0.4 is 15.0 Å². The van der Waals surface area contributed by atoms with E-state index in [2.05, 4.69) is 64.7 Å². The molecule has 1 aromatic heterocycles. The van der Waals surface area contributed by atoms with Crippen LogP contribution in [-0.4, -0.2) is 36.8 Å². The van der Waals surface area contributed by atoms with Gasteiger partial charge in [0.1, 0.15) is 5.75 Å². The van der Waals surface area contributed by atoms with Crippen LogP contribution in [0.1, 0.15) is 61.0 Å². The molecule has 0 spiro atoms. The second-order valence-corrected chi connectivity index (χ2v) is 8.94. The van der Waals surface area contributed by atoms with Gasteiger partial charge in [-0.1, -0.05) is 19.9 Å². The zero-order valence-corrected chi connectivity index (χ0v) is 22.0. The largest absolute Gasteiger partial charge is 0.493 e. The number of hydrogen-bond donors (Lipinski definition) is 2. The van der Waals surface area contributed by atoms with Crippen LogP contribution in [0.3, 0.4) is 0 Å². The number of rotatable bonds is 7. The number of benzene rings is 2. The molecule has 2 aliphatic rings. The van der Waals surface area contributed by atoms with Crippen molar-refractivity contribution >= 4 is 23.0 Å². The van der Waals surface area contributed by atoms with Gasteiger partial charge in [0.05, 0.1) is 24.1 Å². The fourth-order valence-electron chi connectivity index (χ4n) is 4.12. The lowest BCUT2D eigenvalue weighted by molar-refractivity contribution is 0.0698. The summed E-state index contributed by atoms with van der Waals surface area (Å²) in [5, 5.41) is 11.4. The summed E-state index contributed by atoms with van der Waals surface area (Å²) in [4.78, 5) is 16.5. The quantitative estimate of drug-likeness (QED) is 0.373. The molecule has 0 aliphatic heterocycles. The van der Waals surface area contributed by atoms with Crippen LogP contribution in [0.4, 0.5) is 17.1 Å². The Hall–Kier alpha value is -3.54. The first-order valence-electron chi connectivity index (χ1n) is 13.0. The molecule has 5 rings (SSSR count). The van der Waals surface area contributed by atoms with Gasteiger partial charge in [0.15, 0.2) is 0 Å². The zero-order valence-electron chi connectivity index (χ0n) is 22.0. The number of nitrogens with zero attached hydrogens (tertiary/aromatic N) is 2. The average Bonchev–Trinajstić information content (AvgIpc) is 3.77. The Morgan fingerprint density at radius 1 is 1.03 bits per heavy atom. The van der Waals surface area contributed by atoms with Crippen molar-refractivity contribution in [2.24, 2.45) is 5.92 Å². The van der Waals surface area contributed by atoms with Gasteiger partial charge in [-0.25, -0.2) is 4.79 Å². The van der Waals surface area contributed by atoms with Crippen LogP contribution in [0.5, 0.6) is 5.75 Å². The SMILES string of the molecule is CC.CN(c1ccc(OCC2CC2)cc1)c1ccc2c(c1)CCCC2.CNc1cnccc1C(=O)O. The van der Waals surface area contributed by atoms with E-state index in [9.17, 15) is 4.79 Å². The number of carbonyl (C=O) groups is 1. The molecule has 0 unspecified atom stereocenters. The molecule has 2 aliphatic carbocycles. The number of fused-ring (bicyclic) bond motifs is 1. The summed E-state index contributed by atoms with van der Waals surface area (Å²) in [6.45, 7) is 4.88. The highest BCUT2D eigenvalue weighted by Gasteiger charge is 2.21. The van der Waals surface area contributed by atoms with Crippen molar-refractivity contribution in [2.45, 2.75) is 52.4 Å². The van der Waals surface area contributed by atoms with Crippen LogP contribution in [-0.2, 0) is 12.8 Å². The van der Waals surface area contributed by atoms with Gasteiger partial charge in [0.25, 0.3) is 0 Å². The summed E-state index contributed by atoms with van der Waals surface area (Å²) < 4.78 is 5.83. The maximum absolute atomic E-state index is 10.5. The fraction of sp³-hybridized carbons (Fsp3) is 0.400. The maximum atomic E-state index is 10.5. The van der Waals surface area contributed by atoms with Gasteiger partial charge in [-0.05, 0) is 98.0 Å². The van der Waals surface area contributed by atoms with Crippen molar-refractivity contribution in [3.63, 3.8) is 0 Å². The van der Waals surface area contributed by atoms with E-state index < -0.39 is 5.97 Å². The van der Waals surface area contributed by atoms with E-state index in [0.717, 1.165) is 18.3 Å². The van der Waals surface area contributed by atoms with Crippen molar-refractivity contribution in [1.29, 1.82) is 0 Å². The van der Waals surface area contributed by atoms with Crippen molar-refractivity contribution in [1.82, 2.24) is 4.98 Å². The second-order valence-electron chi connectivity index (χ2n) is 8.94. The predicted octanol–water partition coefficient (Wildman–Crippen LogP) is 6.97. The molecular formula is C30H39N3O3. The standard InChI is InChI=1S/C21H25NO.C7H8N2O2.C2H6/c1-22(20-9-8-17-4-2-3-5-18(17)14-20)19-10-12-21(13-11-19)23-15-16-6-7-16;1-8-6-4-9-3-2-5(6)7(10)11;1-2/h8-14,16H,2-7,15H2,1H3;2-4,8H,1H3,(H,10,11);1-2H3. The Labute approximate surface area is 215 Å². The molecule has 1 fully saturated rings. The third-order valence-corrected chi connectivity index (χ3v) is 6.45. The molecule has 0 amide bonds. The van der Waals surface area contributed by atoms with Gasteiger partial charge in [-0.2, -0.15) is 0 Å². The summed E-state index contributed by atoms with van der Waals surface area (Å²) in [5.41, 5.74) is 6.32. The first kappa shape index (κ1) is 27.1. The van der Waals surface area contributed by atoms with Crippen LogP contribution in [0.2, 0.25) is 0 Å². The first-order valence-corrected chi connectivity index (χ1v) is 13.0. The first-order chi connectivity index (χ1) is 17.5. The third-order valence-electron chi connectivity index (χ3n) is 6.45. The van der Waals surface area contributed by atoms with E-state index in [0.29, 0.717) is 5.69 Å². The van der Waals surface area contributed by atoms with Crippen molar-refractivity contribution in [3.8, 4) is 5.75 Å². The van der Waals surface area contributed by atoms with Gasteiger partial charge in [-0.3, -0.25) is 4.98 Å². The molecule has 36 heavy (non-hydrogen) atoms. The lowest BCUT2D eigenvalue weighted by Gasteiger charge is -2.23. The lowest BCUT2D eigenvalue weighted by atomic mass is 9.91. The molecule has 1 saturated carbocycles. The van der Waals surface area contributed by atoms with Gasteiger partial charge < -0.3 is 20.1 Å². The molecule has 192 valence electrons. The normalized spacial score (nSPS) is 13.7. The van der Waals surface area contributed by atoms with Crippen LogP contribution in [0.25, 0.3) is 0 Å². The minimum Gasteiger partial charge on any atom is -0.493 e. The van der Waals surface area contributed by atoms with Crippen molar-refractivity contribution < 1.29 is 14.6 Å². The molecule has 2 N–H and O–H groups in total. The predicted molar refractivity (Wildman–Crippen MR) is 148 cm³/mol. The second kappa shape index (κ2) is 13.5. The molecular weight excluding hydrogens is 450 g/mol. The van der Waals surface area contributed by atoms with E-state index in [4.69, 9.17) is 9.84 Å². The average molecular weight is 490 g/mol. The van der Waals surface area contributed by atoms with Gasteiger partial charge in [0, 0.05) is 31.7 Å². The topological polar surface area (TPSA) is 74.7 Å². The Morgan fingerprint density at radius 3 is 2.31 bits per heavy atom. The van der Waals surface area contributed by atoms with Crippen LogP contribution in [0, 0.1) is 5.92 Å². The van der Waals surface area contributed by atoms with E-state index in [1.165, 1.54) is 79.5 Å². The number of aromatic carboxylic acids is 1. The molecule has 2 aromatic carbocycles. The molecule has 3 aromatic rings. The number of ether oxygens (including phenoxy) is 1. The van der Waals surface area contributed by atoms with E-state index >= 15 is 0 Å². The minimum atomic E-state index is -0.947. The number of aryl methyl sites for hydroxylation is 2. The molecule has 6 heteroatoms. The molecule has 0 saturated heterocycles. The fourth-order valence-corrected chi connectivity index (χ4v) is 4.12. The summed E-state index contributed by atoms with van der Waals surface area (Å²) in [7, 11) is 3.80. The van der Waals surface area contributed by atoms with E-state index in [1.807, 2.05) is 13.8 Å². The van der Waals surface area contributed by atoms with E-state index in [1.54, 1.807) is 7.05 Å². The summed E-state index contributed by atoms with van der Waals surface area (Å²) in [6.07, 6.45) is 10.7. The highest BCUT2D eigenvalue weighted by Crippen LogP contribution is 2.32. The summed E-state index contributed by atoms with van der Waals surface area (Å²) in [5.74, 6) is 0.837. The Bertz CT molecular complexity index is 1110. The Morgan fingerprint density at radius 2 is 1.69 bits per heavy atom. The Kier molecular flexibility index (Phi) is 10.2. The third kappa shape index (κ3) is 7.48. The summed E-state index contributed by atoms with van der Waals surface area (Å²) >= 11 is 0. The number of hydrogen-bond acceptors (Lipinski definition) is 5. The molecule has 0 atom stereocenters.